The molecular weight excluding hydrogens is 344 g/mol. The third-order valence-electron chi connectivity index (χ3n) is 3.98. The van der Waals surface area contributed by atoms with Crippen LogP contribution in [0.2, 0.25) is 0 Å². The van der Waals surface area contributed by atoms with Crippen LogP contribution in [0.1, 0.15) is 25.8 Å². The van der Waals surface area contributed by atoms with E-state index in [1.54, 1.807) is 34.5 Å². The number of hydrogen-bond acceptors (Lipinski definition) is 4. The van der Waals surface area contributed by atoms with E-state index in [0.29, 0.717) is 12.2 Å². The highest BCUT2D eigenvalue weighted by Crippen LogP contribution is 2.32. The molecule has 1 aromatic carbocycles. The van der Waals surface area contributed by atoms with Crippen molar-refractivity contribution in [1.29, 1.82) is 0 Å². The molecule has 128 valence electrons. The number of anilines is 2. The van der Waals surface area contributed by atoms with E-state index >= 15 is 0 Å². The Morgan fingerprint density at radius 1 is 1.29 bits per heavy atom. The highest BCUT2D eigenvalue weighted by atomic mass is 32.2. The van der Waals surface area contributed by atoms with Crippen LogP contribution >= 0.6 is 11.3 Å². The summed E-state index contributed by atoms with van der Waals surface area (Å²) in [6.45, 7) is 4.42. The van der Waals surface area contributed by atoms with E-state index < -0.39 is 10.0 Å². The zero-order chi connectivity index (χ0) is 17.3. The molecule has 7 heteroatoms. The second kappa shape index (κ2) is 6.57. The molecule has 0 radical (unpaired) electrons. The third kappa shape index (κ3) is 3.32. The van der Waals surface area contributed by atoms with Gasteiger partial charge in [-0.05, 0) is 42.0 Å². The lowest BCUT2D eigenvalue weighted by molar-refractivity contribution is -0.121. The first-order valence-electron chi connectivity index (χ1n) is 7.89. The van der Waals surface area contributed by atoms with Crippen molar-refractivity contribution in [3.63, 3.8) is 0 Å². The van der Waals surface area contributed by atoms with Crippen LogP contribution in [0.15, 0.2) is 39.9 Å². The van der Waals surface area contributed by atoms with Gasteiger partial charge in [0.2, 0.25) is 5.91 Å². The highest BCUT2D eigenvalue weighted by molar-refractivity contribution is 7.94. The van der Waals surface area contributed by atoms with Crippen LogP contribution < -0.4 is 9.62 Å². The van der Waals surface area contributed by atoms with E-state index in [4.69, 9.17) is 0 Å². The largest absolute Gasteiger partial charge is 0.312 e. The molecule has 1 aromatic heterocycles. The van der Waals surface area contributed by atoms with Crippen LogP contribution in [0.5, 0.6) is 0 Å². The van der Waals surface area contributed by atoms with Gasteiger partial charge in [0.25, 0.3) is 10.0 Å². The van der Waals surface area contributed by atoms with Gasteiger partial charge in [-0.15, -0.1) is 11.3 Å². The fraction of sp³-hybridized carbons (Fsp3) is 0.353. The molecule has 2 heterocycles. The van der Waals surface area contributed by atoms with Crippen LogP contribution in [-0.2, 0) is 21.2 Å². The monoisotopic (exact) mass is 364 g/mol. The SMILES string of the molecule is CC(C)C(=O)N1CCCc2ccc(NS(=O)(=O)c3cccs3)cc21. The van der Waals surface area contributed by atoms with Crippen LogP contribution in [-0.4, -0.2) is 20.9 Å². The van der Waals surface area contributed by atoms with E-state index in [9.17, 15) is 13.2 Å². The van der Waals surface area contributed by atoms with Gasteiger partial charge < -0.3 is 4.90 Å². The lowest BCUT2D eigenvalue weighted by Gasteiger charge is -2.31. The zero-order valence-electron chi connectivity index (χ0n) is 13.7. The number of fused-ring (bicyclic) bond motifs is 1. The fourth-order valence-corrected chi connectivity index (χ4v) is 4.84. The van der Waals surface area contributed by atoms with Crippen LogP contribution in [0.25, 0.3) is 0 Å². The van der Waals surface area contributed by atoms with Crippen LogP contribution in [0.4, 0.5) is 11.4 Å². The van der Waals surface area contributed by atoms with Crippen molar-refractivity contribution in [1.82, 2.24) is 0 Å². The summed E-state index contributed by atoms with van der Waals surface area (Å²) in [4.78, 5) is 14.2. The van der Waals surface area contributed by atoms with E-state index in [-0.39, 0.29) is 16.0 Å². The maximum Gasteiger partial charge on any atom is 0.271 e. The van der Waals surface area contributed by atoms with Gasteiger partial charge in [0.1, 0.15) is 4.21 Å². The number of aryl methyl sites for hydroxylation is 1. The average Bonchev–Trinajstić information content (AvgIpc) is 3.08. The molecule has 3 rings (SSSR count). The lowest BCUT2D eigenvalue weighted by Crippen LogP contribution is -2.38. The molecule has 1 aliphatic heterocycles. The quantitative estimate of drug-likeness (QED) is 0.903. The number of nitrogens with zero attached hydrogens (tertiary/aromatic N) is 1. The minimum absolute atomic E-state index is 0.0641. The van der Waals surface area contributed by atoms with Gasteiger partial charge in [0.15, 0.2) is 0 Å². The highest BCUT2D eigenvalue weighted by Gasteiger charge is 2.25. The smallest absolute Gasteiger partial charge is 0.271 e. The Balaban J connectivity index is 1.93. The zero-order valence-corrected chi connectivity index (χ0v) is 15.3. The van der Waals surface area contributed by atoms with E-state index in [0.717, 1.165) is 24.1 Å². The van der Waals surface area contributed by atoms with Crippen molar-refractivity contribution >= 4 is 38.6 Å². The van der Waals surface area contributed by atoms with Gasteiger partial charge in [-0.2, -0.15) is 0 Å². The minimum Gasteiger partial charge on any atom is -0.312 e. The molecule has 0 saturated carbocycles. The average molecular weight is 364 g/mol. The van der Waals surface area contributed by atoms with Gasteiger partial charge >= 0.3 is 0 Å². The first kappa shape index (κ1) is 17.0. The van der Waals surface area contributed by atoms with Crippen molar-refractivity contribution in [3.8, 4) is 0 Å². The Hall–Kier alpha value is -1.86. The normalized spacial score (nSPS) is 14.5. The molecule has 1 N–H and O–H groups in total. The molecule has 0 atom stereocenters. The predicted molar refractivity (Wildman–Crippen MR) is 97.1 cm³/mol. The molecule has 0 spiro atoms. The molecule has 24 heavy (non-hydrogen) atoms. The van der Waals surface area contributed by atoms with E-state index in [2.05, 4.69) is 4.72 Å². The first-order valence-corrected chi connectivity index (χ1v) is 10.3. The number of nitrogens with one attached hydrogen (secondary N) is 1. The molecule has 1 amide bonds. The summed E-state index contributed by atoms with van der Waals surface area (Å²) in [7, 11) is -3.59. The summed E-state index contributed by atoms with van der Waals surface area (Å²) in [5, 5.41) is 1.73. The Bertz CT molecular complexity index is 843. The van der Waals surface area contributed by atoms with Crippen molar-refractivity contribution < 1.29 is 13.2 Å². The minimum atomic E-state index is -3.59. The molecule has 5 nitrogen and oxygen atoms in total. The standard InChI is InChI=1S/C17H20N2O3S2/c1-12(2)17(20)19-9-3-5-13-7-8-14(11-15(13)19)18-24(21,22)16-6-4-10-23-16/h4,6-8,10-12,18H,3,5,9H2,1-2H3. The predicted octanol–water partition coefficient (Wildman–Crippen LogP) is 3.48. The lowest BCUT2D eigenvalue weighted by atomic mass is 9.99. The van der Waals surface area contributed by atoms with E-state index in [1.165, 1.54) is 11.3 Å². The van der Waals surface area contributed by atoms with Gasteiger partial charge in [-0.1, -0.05) is 26.0 Å². The van der Waals surface area contributed by atoms with Crippen LogP contribution in [0.3, 0.4) is 0 Å². The molecular formula is C17H20N2O3S2. The summed E-state index contributed by atoms with van der Waals surface area (Å²) < 4.78 is 27.6. The van der Waals surface area contributed by atoms with Gasteiger partial charge in [-0.3, -0.25) is 9.52 Å². The topological polar surface area (TPSA) is 66.5 Å². The Kier molecular flexibility index (Phi) is 4.64. The van der Waals surface area contributed by atoms with Gasteiger partial charge in [0, 0.05) is 18.2 Å². The Morgan fingerprint density at radius 3 is 2.75 bits per heavy atom. The van der Waals surface area contributed by atoms with Crippen molar-refractivity contribution in [3.05, 3.63) is 41.3 Å². The molecule has 2 aromatic rings. The molecule has 1 aliphatic rings. The van der Waals surface area contributed by atoms with Crippen LogP contribution in [0, 0.1) is 5.92 Å². The Morgan fingerprint density at radius 2 is 2.08 bits per heavy atom. The number of hydrogen-bond donors (Lipinski definition) is 1. The molecule has 0 fully saturated rings. The van der Waals surface area contributed by atoms with Crippen molar-refractivity contribution in [2.45, 2.75) is 30.9 Å². The summed E-state index contributed by atoms with van der Waals surface area (Å²) in [5.41, 5.74) is 2.37. The van der Waals surface area contributed by atoms with Gasteiger partial charge in [0.05, 0.1) is 5.69 Å². The molecule has 0 aliphatic carbocycles. The Labute approximate surface area is 146 Å². The number of benzene rings is 1. The molecule has 0 unspecified atom stereocenters. The number of thiophene rings is 1. The fourth-order valence-electron chi connectivity index (χ4n) is 2.80. The maximum absolute atomic E-state index is 12.4. The summed E-state index contributed by atoms with van der Waals surface area (Å²) >= 11 is 1.17. The summed E-state index contributed by atoms with van der Waals surface area (Å²) in [5.74, 6) is -0.0309. The number of carbonyl (C=O) groups excluding carboxylic acids is 1. The summed E-state index contributed by atoms with van der Waals surface area (Å²) in [6.07, 6.45) is 1.82. The van der Waals surface area contributed by atoms with Crippen molar-refractivity contribution in [2.75, 3.05) is 16.2 Å². The number of rotatable bonds is 4. The number of amides is 1. The third-order valence-corrected chi connectivity index (χ3v) is 6.75. The molecule has 0 bridgehead atoms. The number of sulfonamides is 1. The number of carbonyl (C=O) groups is 1. The summed E-state index contributed by atoms with van der Waals surface area (Å²) in [6, 6.07) is 8.70. The second-order valence-electron chi connectivity index (χ2n) is 6.13. The molecule has 0 saturated heterocycles. The van der Waals surface area contributed by atoms with Crippen molar-refractivity contribution in [2.24, 2.45) is 5.92 Å². The van der Waals surface area contributed by atoms with Gasteiger partial charge in [-0.25, -0.2) is 8.42 Å². The van der Waals surface area contributed by atoms with E-state index in [1.807, 2.05) is 19.9 Å². The maximum atomic E-state index is 12.4. The first-order chi connectivity index (χ1) is 11.4. The second-order valence-corrected chi connectivity index (χ2v) is 8.99.